The monoisotopic (exact) mass is 524 g/mol. The van der Waals surface area contributed by atoms with E-state index in [1.165, 1.54) is 6.07 Å². The van der Waals surface area contributed by atoms with Crippen LogP contribution in [0.5, 0.6) is 0 Å². The second kappa shape index (κ2) is 10.1. The second-order valence-corrected chi connectivity index (χ2v) is 8.06. The van der Waals surface area contributed by atoms with E-state index in [9.17, 15) is 4.39 Å². The third-order valence-corrected chi connectivity index (χ3v) is 5.38. The number of nitrogens with one attached hydrogen (secondary N) is 2. The number of aromatic nitrogens is 3. The molecule has 158 valence electrons. The van der Waals surface area contributed by atoms with Gasteiger partial charge >= 0.3 is 6.01 Å². The largest absolute Gasteiger partial charge is 0.403 e. The van der Waals surface area contributed by atoms with E-state index in [0.717, 1.165) is 49.4 Å². The van der Waals surface area contributed by atoms with E-state index in [-0.39, 0.29) is 5.82 Å². The molecule has 0 spiro atoms. The molecule has 3 heterocycles. The van der Waals surface area contributed by atoms with E-state index in [2.05, 4.69) is 53.3 Å². The first-order valence-corrected chi connectivity index (χ1v) is 10.8. The van der Waals surface area contributed by atoms with Crippen molar-refractivity contribution in [2.75, 3.05) is 50.0 Å². The third-order valence-electron chi connectivity index (χ3n) is 4.71. The number of morpholine rings is 1. The molecule has 1 aromatic carbocycles. The SMILES string of the molecule is Fc1cc(I)ccc1Nc1cnccc1-c1nnc(NCCCN2CCOCC2)o1. The van der Waals surface area contributed by atoms with Gasteiger partial charge in [-0.2, -0.15) is 0 Å². The first kappa shape index (κ1) is 20.9. The summed E-state index contributed by atoms with van der Waals surface area (Å²) in [5, 5.41) is 14.4. The fourth-order valence-electron chi connectivity index (χ4n) is 3.14. The minimum absolute atomic E-state index is 0.335. The first-order chi connectivity index (χ1) is 14.7. The molecule has 3 aromatic rings. The van der Waals surface area contributed by atoms with Gasteiger partial charge in [-0.15, -0.1) is 5.10 Å². The number of pyridine rings is 1. The van der Waals surface area contributed by atoms with Crippen molar-refractivity contribution < 1.29 is 13.5 Å². The van der Waals surface area contributed by atoms with Crippen molar-refractivity contribution in [2.45, 2.75) is 6.42 Å². The van der Waals surface area contributed by atoms with E-state index in [4.69, 9.17) is 9.15 Å². The Hall–Kier alpha value is -2.31. The number of rotatable bonds is 8. The summed E-state index contributed by atoms with van der Waals surface area (Å²) >= 11 is 2.07. The van der Waals surface area contributed by atoms with Gasteiger partial charge in [0, 0.05) is 29.4 Å². The van der Waals surface area contributed by atoms with Crippen LogP contribution in [0.1, 0.15) is 6.42 Å². The third kappa shape index (κ3) is 5.43. The normalized spacial score (nSPS) is 14.6. The lowest BCUT2D eigenvalue weighted by Gasteiger charge is -2.26. The highest BCUT2D eigenvalue weighted by Gasteiger charge is 2.15. The Kier molecular flexibility index (Phi) is 7.07. The quantitative estimate of drug-likeness (QED) is 0.341. The molecule has 1 aliphatic rings. The van der Waals surface area contributed by atoms with Gasteiger partial charge in [-0.1, -0.05) is 5.10 Å². The highest BCUT2D eigenvalue weighted by Crippen LogP contribution is 2.30. The molecule has 8 nitrogen and oxygen atoms in total. The Morgan fingerprint density at radius 1 is 1.13 bits per heavy atom. The van der Waals surface area contributed by atoms with Crippen LogP contribution in [0.15, 0.2) is 41.1 Å². The van der Waals surface area contributed by atoms with Crippen molar-refractivity contribution in [2.24, 2.45) is 0 Å². The van der Waals surface area contributed by atoms with Crippen molar-refractivity contribution in [3.8, 4) is 11.5 Å². The molecule has 0 radical (unpaired) electrons. The molecule has 0 saturated carbocycles. The Morgan fingerprint density at radius 3 is 2.83 bits per heavy atom. The Morgan fingerprint density at radius 2 is 2.00 bits per heavy atom. The van der Waals surface area contributed by atoms with E-state index >= 15 is 0 Å². The summed E-state index contributed by atoms with van der Waals surface area (Å²) in [6.07, 6.45) is 4.20. The summed E-state index contributed by atoms with van der Waals surface area (Å²) in [7, 11) is 0. The van der Waals surface area contributed by atoms with Crippen LogP contribution < -0.4 is 10.6 Å². The average molecular weight is 524 g/mol. The van der Waals surface area contributed by atoms with Gasteiger partial charge in [0.2, 0.25) is 0 Å². The lowest BCUT2D eigenvalue weighted by atomic mass is 10.2. The molecule has 0 unspecified atom stereocenters. The number of benzene rings is 1. The van der Waals surface area contributed by atoms with Crippen LogP contribution in [-0.2, 0) is 4.74 Å². The van der Waals surface area contributed by atoms with Gasteiger partial charge < -0.3 is 19.8 Å². The summed E-state index contributed by atoms with van der Waals surface area (Å²) < 4.78 is 26.2. The Balaban J connectivity index is 1.38. The molecule has 0 amide bonds. The zero-order chi connectivity index (χ0) is 20.8. The zero-order valence-corrected chi connectivity index (χ0v) is 18.4. The minimum Gasteiger partial charge on any atom is -0.403 e. The lowest BCUT2D eigenvalue weighted by Crippen LogP contribution is -2.37. The number of hydrogen-bond donors (Lipinski definition) is 2. The van der Waals surface area contributed by atoms with Crippen LogP contribution in [0.2, 0.25) is 0 Å². The van der Waals surface area contributed by atoms with Crippen molar-refractivity contribution in [3.05, 3.63) is 46.0 Å². The Labute approximate surface area is 187 Å². The van der Waals surface area contributed by atoms with Crippen LogP contribution >= 0.6 is 22.6 Å². The van der Waals surface area contributed by atoms with Gasteiger partial charge in [0.25, 0.3) is 5.89 Å². The van der Waals surface area contributed by atoms with Gasteiger partial charge in [-0.05, 0) is 59.8 Å². The second-order valence-electron chi connectivity index (χ2n) is 6.82. The zero-order valence-electron chi connectivity index (χ0n) is 16.3. The number of anilines is 3. The van der Waals surface area contributed by atoms with Crippen LogP contribution in [0.25, 0.3) is 11.5 Å². The van der Waals surface area contributed by atoms with Crippen molar-refractivity contribution in [1.82, 2.24) is 20.1 Å². The maximum Gasteiger partial charge on any atom is 0.315 e. The number of nitrogens with zero attached hydrogens (tertiary/aromatic N) is 4. The molecule has 1 fully saturated rings. The molecule has 0 atom stereocenters. The van der Waals surface area contributed by atoms with E-state index in [1.807, 2.05) is 6.07 Å². The molecule has 1 aliphatic heterocycles. The average Bonchev–Trinajstić information content (AvgIpc) is 3.23. The van der Waals surface area contributed by atoms with Crippen LogP contribution in [-0.4, -0.2) is 59.5 Å². The maximum absolute atomic E-state index is 14.2. The van der Waals surface area contributed by atoms with E-state index in [0.29, 0.717) is 28.8 Å². The van der Waals surface area contributed by atoms with Gasteiger partial charge in [-0.25, -0.2) is 4.39 Å². The predicted octanol–water partition coefficient (Wildman–Crippen LogP) is 3.75. The topological polar surface area (TPSA) is 88.3 Å². The fraction of sp³-hybridized carbons (Fsp3) is 0.350. The van der Waals surface area contributed by atoms with Crippen LogP contribution in [0, 0.1) is 9.39 Å². The van der Waals surface area contributed by atoms with E-state index < -0.39 is 0 Å². The molecule has 30 heavy (non-hydrogen) atoms. The molecular weight excluding hydrogens is 502 g/mol. The molecular formula is C20H22FIN6O2. The molecule has 2 N–H and O–H groups in total. The van der Waals surface area contributed by atoms with Gasteiger partial charge in [-0.3, -0.25) is 9.88 Å². The molecule has 0 aliphatic carbocycles. The van der Waals surface area contributed by atoms with Crippen molar-refractivity contribution in [3.63, 3.8) is 0 Å². The highest BCUT2D eigenvalue weighted by molar-refractivity contribution is 14.1. The molecule has 10 heteroatoms. The maximum atomic E-state index is 14.2. The molecule has 1 saturated heterocycles. The van der Waals surface area contributed by atoms with Crippen LogP contribution in [0.4, 0.5) is 21.8 Å². The first-order valence-electron chi connectivity index (χ1n) is 9.73. The smallest absolute Gasteiger partial charge is 0.315 e. The summed E-state index contributed by atoms with van der Waals surface area (Å²) in [4.78, 5) is 6.50. The van der Waals surface area contributed by atoms with Crippen molar-refractivity contribution >= 4 is 40.0 Å². The van der Waals surface area contributed by atoms with Crippen LogP contribution in [0.3, 0.4) is 0 Å². The highest BCUT2D eigenvalue weighted by atomic mass is 127. The number of ether oxygens (including phenoxy) is 1. The standard InChI is InChI=1S/C20H22FIN6O2/c21-16-12-14(22)2-3-17(16)25-18-13-23-6-4-15(18)19-26-27-20(30-19)24-5-1-7-28-8-10-29-11-9-28/h2-4,6,12-13,25H,1,5,7-11H2,(H,24,27). The van der Waals surface area contributed by atoms with Gasteiger partial charge in [0.05, 0.1) is 36.3 Å². The predicted molar refractivity (Wildman–Crippen MR) is 120 cm³/mol. The van der Waals surface area contributed by atoms with Gasteiger partial charge in [0.15, 0.2) is 0 Å². The minimum atomic E-state index is -0.343. The molecule has 0 bridgehead atoms. The summed E-state index contributed by atoms with van der Waals surface area (Å²) in [6, 6.07) is 7.08. The molecule has 4 rings (SSSR count). The summed E-state index contributed by atoms with van der Waals surface area (Å²) in [5.74, 6) is -0.00800. The van der Waals surface area contributed by atoms with E-state index in [1.54, 1.807) is 24.5 Å². The van der Waals surface area contributed by atoms with Crippen molar-refractivity contribution in [1.29, 1.82) is 0 Å². The van der Waals surface area contributed by atoms with Gasteiger partial charge in [0.1, 0.15) is 5.82 Å². The lowest BCUT2D eigenvalue weighted by molar-refractivity contribution is 0.0378. The number of halogens is 2. The Bertz CT molecular complexity index is 979. The number of hydrogen-bond acceptors (Lipinski definition) is 8. The molecule has 2 aromatic heterocycles. The summed E-state index contributed by atoms with van der Waals surface area (Å²) in [5.41, 5.74) is 1.59. The summed E-state index contributed by atoms with van der Waals surface area (Å²) in [6.45, 7) is 5.28. The fourth-order valence-corrected chi connectivity index (χ4v) is 3.60.